The Morgan fingerprint density at radius 3 is 2.26 bits per heavy atom. The van der Waals surface area contributed by atoms with E-state index in [-0.39, 0.29) is 5.75 Å². The molecule has 0 bridgehead atoms. The lowest BCUT2D eigenvalue weighted by Crippen LogP contribution is -2.33. The second-order valence-electron chi connectivity index (χ2n) is 5.88. The molecule has 0 radical (unpaired) electrons. The number of ether oxygens (including phenoxy) is 1. The first-order valence-electron chi connectivity index (χ1n) is 7.87. The smallest absolute Gasteiger partial charge is 0.428 e. The summed E-state index contributed by atoms with van der Waals surface area (Å²) in [6.07, 6.45) is -2.55. The summed E-state index contributed by atoms with van der Waals surface area (Å²) in [4.78, 5) is 0. The lowest BCUT2D eigenvalue weighted by molar-refractivity contribution is -0.253. The van der Waals surface area contributed by atoms with Crippen LogP contribution in [0.5, 0.6) is 5.75 Å². The van der Waals surface area contributed by atoms with Crippen molar-refractivity contribution in [2.45, 2.75) is 51.6 Å². The Bertz CT molecular complexity index is 549. The van der Waals surface area contributed by atoms with Crippen molar-refractivity contribution in [1.29, 1.82) is 0 Å². The van der Waals surface area contributed by atoms with Crippen molar-refractivity contribution in [3.05, 3.63) is 29.8 Å². The van der Waals surface area contributed by atoms with E-state index in [4.69, 9.17) is 0 Å². The third kappa shape index (κ3) is 5.16. The number of halogens is 4. The van der Waals surface area contributed by atoms with Gasteiger partial charge >= 0.3 is 12.5 Å². The van der Waals surface area contributed by atoms with E-state index < -0.39 is 12.5 Å². The van der Waals surface area contributed by atoms with Crippen LogP contribution in [0.25, 0.3) is 0 Å². The molecule has 1 aliphatic rings. The molecule has 1 aromatic rings. The second-order valence-corrected chi connectivity index (χ2v) is 5.88. The fraction of sp³-hybridized carbons (Fsp3) is 0.556. The molecule has 1 saturated carbocycles. The molecule has 126 valence electrons. The van der Waals surface area contributed by atoms with Crippen molar-refractivity contribution in [3.8, 4) is 17.6 Å². The molecular weight excluding hydrogens is 308 g/mol. The summed E-state index contributed by atoms with van der Waals surface area (Å²) in [6.45, 7) is 2.21. The van der Waals surface area contributed by atoms with E-state index in [2.05, 4.69) is 23.5 Å². The van der Waals surface area contributed by atoms with Gasteiger partial charge in [-0.05, 0) is 55.9 Å². The monoisotopic (exact) mass is 328 g/mol. The Balaban J connectivity index is 1.92. The third-order valence-corrected chi connectivity index (χ3v) is 4.21. The Morgan fingerprint density at radius 1 is 1.13 bits per heavy atom. The van der Waals surface area contributed by atoms with Crippen molar-refractivity contribution in [2.75, 3.05) is 0 Å². The van der Waals surface area contributed by atoms with Crippen molar-refractivity contribution >= 4 is 0 Å². The number of benzene rings is 1. The summed E-state index contributed by atoms with van der Waals surface area (Å²) in [6, 6.07) is 5.46. The Labute approximate surface area is 134 Å². The lowest BCUT2D eigenvalue weighted by Gasteiger charge is -2.24. The number of alkyl halides is 4. The zero-order valence-corrected chi connectivity index (χ0v) is 13.0. The molecule has 0 heterocycles. The van der Waals surface area contributed by atoms with Crippen molar-refractivity contribution in [3.63, 3.8) is 0 Å². The van der Waals surface area contributed by atoms with Crippen LogP contribution < -0.4 is 4.74 Å². The van der Waals surface area contributed by atoms with Gasteiger partial charge in [-0.3, -0.25) is 0 Å². The van der Waals surface area contributed by atoms with E-state index >= 15 is 0 Å². The average molecular weight is 328 g/mol. The number of rotatable bonds is 4. The molecule has 0 aliphatic heterocycles. The number of hydrogen-bond acceptors (Lipinski definition) is 1. The summed E-state index contributed by atoms with van der Waals surface area (Å²) in [5.74, 6) is 7.11. The maximum Gasteiger partial charge on any atom is 0.461 e. The highest BCUT2D eigenvalue weighted by atomic mass is 19.3. The van der Waals surface area contributed by atoms with Gasteiger partial charge in [0.1, 0.15) is 5.75 Å². The maximum atomic E-state index is 12.8. The summed E-state index contributed by atoms with van der Waals surface area (Å²) in [7, 11) is 0. The average Bonchev–Trinajstić information content (AvgIpc) is 2.54. The van der Waals surface area contributed by atoms with Crippen LogP contribution in [-0.4, -0.2) is 12.5 Å². The normalized spacial score (nSPS) is 21.7. The van der Waals surface area contributed by atoms with Crippen LogP contribution in [0.2, 0.25) is 0 Å². The minimum absolute atomic E-state index is 0.302. The van der Waals surface area contributed by atoms with Crippen LogP contribution in [0.4, 0.5) is 17.6 Å². The van der Waals surface area contributed by atoms with Crippen molar-refractivity contribution in [2.24, 2.45) is 11.8 Å². The zero-order valence-electron chi connectivity index (χ0n) is 13.0. The first-order chi connectivity index (χ1) is 10.9. The SMILES string of the molecule is CC[C@H]1CC[C@H](C#Cc2ccc(OC(F)(F)C(F)F)cc2)CC1. The van der Waals surface area contributed by atoms with Gasteiger partial charge < -0.3 is 4.74 Å². The predicted molar refractivity (Wildman–Crippen MR) is 80.6 cm³/mol. The molecule has 0 saturated heterocycles. The van der Waals surface area contributed by atoms with Crippen molar-refractivity contribution < 1.29 is 22.3 Å². The molecule has 5 heteroatoms. The first-order valence-corrected chi connectivity index (χ1v) is 7.87. The predicted octanol–water partition coefficient (Wildman–Crippen LogP) is 5.49. The fourth-order valence-corrected chi connectivity index (χ4v) is 2.71. The summed E-state index contributed by atoms with van der Waals surface area (Å²) < 4.78 is 53.7. The molecule has 2 rings (SSSR count). The minimum atomic E-state index is -4.48. The summed E-state index contributed by atoms with van der Waals surface area (Å²) in [5.41, 5.74) is 0.662. The van der Waals surface area contributed by atoms with E-state index in [0.717, 1.165) is 18.8 Å². The molecule has 1 fully saturated rings. The maximum absolute atomic E-state index is 12.8. The molecule has 0 aromatic heterocycles. The molecule has 0 N–H and O–H groups in total. The van der Waals surface area contributed by atoms with Crippen LogP contribution >= 0.6 is 0 Å². The van der Waals surface area contributed by atoms with Crippen LogP contribution in [0.15, 0.2) is 24.3 Å². The molecule has 0 amide bonds. The minimum Gasteiger partial charge on any atom is -0.428 e. The Kier molecular flexibility index (Phi) is 5.92. The van der Waals surface area contributed by atoms with Crippen LogP contribution in [0.3, 0.4) is 0 Å². The van der Waals surface area contributed by atoms with Gasteiger partial charge in [0.25, 0.3) is 0 Å². The molecule has 1 aromatic carbocycles. The Morgan fingerprint density at radius 2 is 1.74 bits per heavy atom. The zero-order chi connectivity index (χ0) is 16.9. The molecule has 23 heavy (non-hydrogen) atoms. The molecule has 0 atom stereocenters. The lowest BCUT2D eigenvalue weighted by atomic mass is 9.81. The third-order valence-electron chi connectivity index (χ3n) is 4.21. The van der Waals surface area contributed by atoms with Crippen LogP contribution in [0.1, 0.15) is 44.6 Å². The first kappa shape index (κ1) is 17.7. The van der Waals surface area contributed by atoms with Gasteiger partial charge in [-0.15, -0.1) is 0 Å². The largest absolute Gasteiger partial charge is 0.461 e. The summed E-state index contributed by atoms with van der Waals surface area (Å²) >= 11 is 0. The van der Waals surface area contributed by atoms with Gasteiger partial charge in [0.2, 0.25) is 0 Å². The van der Waals surface area contributed by atoms with Gasteiger partial charge in [0.05, 0.1) is 0 Å². The van der Waals surface area contributed by atoms with E-state index in [0.29, 0.717) is 11.5 Å². The standard InChI is InChI=1S/C18H20F4O/c1-2-13-3-5-14(6-4-13)7-8-15-9-11-16(12-10-15)23-18(21,22)17(19)20/h9-14,17H,2-6H2,1H3/t13-,14-. The van der Waals surface area contributed by atoms with Crippen LogP contribution in [-0.2, 0) is 0 Å². The topological polar surface area (TPSA) is 9.23 Å². The second kappa shape index (κ2) is 7.72. The van der Waals surface area contributed by atoms with Gasteiger partial charge in [0.15, 0.2) is 0 Å². The highest BCUT2D eigenvalue weighted by Gasteiger charge is 2.43. The van der Waals surface area contributed by atoms with Gasteiger partial charge in [-0.1, -0.05) is 25.2 Å². The van der Waals surface area contributed by atoms with E-state index in [1.807, 2.05) is 0 Å². The molecular formula is C18H20F4O. The highest BCUT2D eigenvalue weighted by Crippen LogP contribution is 2.30. The van der Waals surface area contributed by atoms with Crippen molar-refractivity contribution in [1.82, 2.24) is 0 Å². The van der Waals surface area contributed by atoms with E-state index in [9.17, 15) is 17.6 Å². The molecule has 0 spiro atoms. The number of hydrogen-bond donors (Lipinski definition) is 0. The highest BCUT2D eigenvalue weighted by molar-refractivity contribution is 5.38. The van der Waals surface area contributed by atoms with Gasteiger partial charge in [-0.2, -0.15) is 17.6 Å². The molecule has 1 nitrogen and oxygen atoms in total. The summed E-state index contributed by atoms with van der Waals surface area (Å²) in [5, 5.41) is 0. The van der Waals surface area contributed by atoms with E-state index in [1.54, 1.807) is 0 Å². The van der Waals surface area contributed by atoms with Crippen LogP contribution in [0, 0.1) is 23.7 Å². The quantitative estimate of drug-likeness (QED) is 0.524. The Hall–Kier alpha value is -1.70. The van der Waals surface area contributed by atoms with E-state index in [1.165, 1.54) is 43.5 Å². The van der Waals surface area contributed by atoms with Gasteiger partial charge in [-0.25, -0.2) is 0 Å². The molecule has 1 aliphatic carbocycles. The fourth-order valence-electron chi connectivity index (χ4n) is 2.71. The van der Waals surface area contributed by atoms with Gasteiger partial charge in [0, 0.05) is 11.5 Å². The molecule has 0 unspecified atom stereocenters.